The molecule has 1 aliphatic rings. The van der Waals surface area contributed by atoms with Crippen molar-refractivity contribution in [2.75, 3.05) is 27.3 Å². The number of ether oxygens (including phenoxy) is 2. The van der Waals surface area contributed by atoms with Crippen molar-refractivity contribution >= 4 is 11.9 Å². The second-order valence-electron chi connectivity index (χ2n) is 4.68. The van der Waals surface area contributed by atoms with E-state index in [0.29, 0.717) is 6.54 Å². The number of hydrogen-bond acceptors (Lipinski definition) is 6. The molecule has 1 saturated heterocycles. The third-order valence-corrected chi connectivity index (χ3v) is 3.43. The number of carbonyl (C=O) groups excluding carboxylic acids is 2. The first-order chi connectivity index (χ1) is 10.2. The third-order valence-electron chi connectivity index (χ3n) is 3.43. The first kappa shape index (κ1) is 15.3. The minimum absolute atomic E-state index is 0.124. The average molecular weight is 293 g/mol. The largest absolute Gasteiger partial charge is 0.497 e. The van der Waals surface area contributed by atoms with Crippen molar-refractivity contribution in [3.8, 4) is 5.75 Å². The number of benzene rings is 1. The van der Waals surface area contributed by atoms with Gasteiger partial charge in [-0.25, -0.2) is 5.43 Å². The van der Waals surface area contributed by atoms with E-state index in [4.69, 9.17) is 4.74 Å². The molecule has 1 amide bonds. The zero-order valence-corrected chi connectivity index (χ0v) is 12.0. The summed E-state index contributed by atoms with van der Waals surface area (Å²) in [5, 5.41) is 2.58. The van der Waals surface area contributed by atoms with Crippen LogP contribution < -0.4 is 20.9 Å². The van der Waals surface area contributed by atoms with Crippen molar-refractivity contribution in [1.29, 1.82) is 0 Å². The van der Waals surface area contributed by atoms with Crippen LogP contribution in [0.5, 0.6) is 5.75 Å². The number of hydrazine groups is 1. The number of carbonyl (C=O) groups is 2. The van der Waals surface area contributed by atoms with Gasteiger partial charge < -0.3 is 14.8 Å². The first-order valence-corrected chi connectivity index (χ1v) is 6.62. The molecule has 1 heterocycles. The molecule has 1 aliphatic heterocycles. The monoisotopic (exact) mass is 293 g/mol. The number of amides is 1. The molecule has 1 aromatic rings. The summed E-state index contributed by atoms with van der Waals surface area (Å²) in [6.07, 6.45) is 0. The van der Waals surface area contributed by atoms with Crippen LogP contribution in [0.1, 0.15) is 11.6 Å². The van der Waals surface area contributed by atoms with Gasteiger partial charge in [0.1, 0.15) is 12.3 Å². The third kappa shape index (κ3) is 3.71. The zero-order chi connectivity index (χ0) is 15.2. The molecule has 1 aromatic carbocycles. The van der Waals surface area contributed by atoms with Crippen LogP contribution in [0.25, 0.3) is 0 Å². The lowest BCUT2D eigenvalue weighted by molar-refractivity contribution is -0.141. The Kier molecular flexibility index (Phi) is 5.13. The summed E-state index contributed by atoms with van der Waals surface area (Å²) in [5.74, 6) is -0.207. The molecule has 2 atom stereocenters. The summed E-state index contributed by atoms with van der Waals surface area (Å²) in [6, 6.07) is 7.35. The van der Waals surface area contributed by atoms with Gasteiger partial charge in [-0.2, -0.15) is 0 Å². The Bertz CT molecular complexity index is 503. The van der Waals surface area contributed by atoms with Gasteiger partial charge >= 0.3 is 5.97 Å². The normalized spacial score (nSPS) is 20.9. The zero-order valence-electron chi connectivity index (χ0n) is 12.0. The number of methoxy groups -OCH3 is 2. The fraction of sp³-hybridized carbons (Fsp3) is 0.429. The van der Waals surface area contributed by atoms with Crippen molar-refractivity contribution < 1.29 is 19.1 Å². The molecule has 1 fully saturated rings. The summed E-state index contributed by atoms with van der Waals surface area (Å²) < 4.78 is 9.62. The topological polar surface area (TPSA) is 88.7 Å². The quantitative estimate of drug-likeness (QED) is 0.649. The lowest BCUT2D eigenvalue weighted by Crippen LogP contribution is -2.38. The Morgan fingerprint density at radius 1 is 1.29 bits per heavy atom. The van der Waals surface area contributed by atoms with Gasteiger partial charge in [-0.15, -0.1) is 0 Å². The molecule has 114 valence electrons. The molecule has 0 saturated carbocycles. The molecule has 7 nitrogen and oxygen atoms in total. The number of rotatable bonds is 5. The average Bonchev–Trinajstić information content (AvgIpc) is 3.01. The highest BCUT2D eigenvalue weighted by Gasteiger charge is 2.34. The number of nitrogens with one attached hydrogen (secondary N) is 3. The second-order valence-corrected chi connectivity index (χ2v) is 4.68. The standard InChI is InChI=1S/C14H19N3O4/c1-20-10-5-3-9(4-6-10)13-11(7-16-17-13)14(19)15-8-12(18)21-2/h3-6,11,13,16-17H,7-8H2,1-2H3,(H,15,19). The maximum atomic E-state index is 12.1. The lowest BCUT2D eigenvalue weighted by Gasteiger charge is -2.18. The Hall–Kier alpha value is -2.12. The molecule has 2 rings (SSSR count). The van der Waals surface area contributed by atoms with Crippen LogP contribution >= 0.6 is 0 Å². The summed E-state index contributed by atoms with van der Waals surface area (Å²) in [5.41, 5.74) is 7.02. The van der Waals surface area contributed by atoms with Gasteiger partial charge in [0.2, 0.25) is 5.91 Å². The van der Waals surface area contributed by atoms with E-state index in [-0.39, 0.29) is 24.4 Å². The highest BCUT2D eigenvalue weighted by atomic mass is 16.5. The van der Waals surface area contributed by atoms with Crippen molar-refractivity contribution in [3.63, 3.8) is 0 Å². The van der Waals surface area contributed by atoms with E-state index in [0.717, 1.165) is 11.3 Å². The van der Waals surface area contributed by atoms with Gasteiger partial charge in [-0.3, -0.25) is 15.0 Å². The van der Waals surface area contributed by atoms with Gasteiger partial charge in [0.05, 0.1) is 26.2 Å². The predicted molar refractivity (Wildman–Crippen MR) is 75.4 cm³/mol. The summed E-state index contributed by atoms with van der Waals surface area (Å²) in [6.45, 7) is 0.366. The van der Waals surface area contributed by atoms with Crippen LogP contribution in [-0.4, -0.2) is 39.2 Å². The van der Waals surface area contributed by atoms with Crippen LogP contribution in [0.15, 0.2) is 24.3 Å². The van der Waals surface area contributed by atoms with Crippen molar-refractivity contribution in [3.05, 3.63) is 29.8 Å². The Balaban J connectivity index is 2.01. The molecule has 0 aromatic heterocycles. The second kappa shape index (κ2) is 7.05. The Morgan fingerprint density at radius 3 is 2.62 bits per heavy atom. The molecule has 0 radical (unpaired) electrons. The van der Waals surface area contributed by atoms with Crippen LogP contribution in [-0.2, 0) is 14.3 Å². The SMILES string of the molecule is COC(=O)CNC(=O)C1CNNC1c1ccc(OC)cc1. The highest BCUT2D eigenvalue weighted by Crippen LogP contribution is 2.26. The summed E-state index contributed by atoms with van der Waals surface area (Å²) >= 11 is 0. The molecule has 2 unspecified atom stereocenters. The lowest BCUT2D eigenvalue weighted by atomic mass is 9.94. The molecular weight excluding hydrogens is 274 g/mol. The number of hydrogen-bond donors (Lipinski definition) is 3. The predicted octanol–water partition coefficient (Wildman–Crippen LogP) is -0.250. The first-order valence-electron chi connectivity index (χ1n) is 6.62. The number of esters is 1. The van der Waals surface area contributed by atoms with Crippen LogP contribution in [0, 0.1) is 5.92 Å². The van der Waals surface area contributed by atoms with Crippen molar-refractivity contribution in [2.24, 2.45) is 5.92 Å². The van der Waals surface area contributed by atoms with E-state index in [1.165, 1.54) is 7.11 Å². The fourth-order valence-corrected chi connectivity index (χ4v) is 2.23. The smallest absolute Gasteiger partial charge is 0.325 e. The Morgan fingerprint density at radius 2 is 2.00 bits per heavy atom. The van der Waals surface area contributed by atoms with Crippen molar-refractivity contribution in [2.45, 2.75) is 6.04 Å². The van der Waals surface area contributed by atoms with E-state index in [1.807, 2.05) is 24.3 Å². The fourth-order valence-electron chi connectivity index (χ4n) is 2.23. The van der Waals surface area contributed by atoms with Gasteiger partial charge in [-0.05, 0) is 17.7 Å². The molecule has 0 bridgehead atoms. The van der Waals surface area contributed by atoms with Gasteiger partial charge in [0.25, 0.3) is 0 Å². The minimum Gasteiger partial charge on any atom is -0.497 e. The van der Waals surface area contributed by atoms with Crippen LogP contribution in [0.3, 0.4) is 0 Å². The van der Waals surface area contributed by atoms with Crippen LogP contribution in [0.4, 0.5) is 0 Å². The van der Waals surface area contributed by atoms with Gasteiger partial charge in [0.15, 0.2) is 0 Å². The van der Waals surface area contributed by atoms with E-state index < -0.39 is 5.97 Å². The Labute approximate surface area is 123 Å². The summed E-state index contributed by atoms with van der Waals surface area (Å²) in [7, 11) is 2.89. The van der Waals surface area contributed by atoms with Crippen LogP contribution in [0.2, 0.25) is 0 Å². The minimum atomic E-state index is -0.469. The highest BCUT2D eigenvalue weighted by molar-refractivity contribution is 5.84. The molecule has 0 spiro atoms. The van der Waals surface area contributed by atoms with E-state index in [1.54, 1.807) is 7.11 Å². The molecule has 0 aliphatic carbocycles. The van der Waals surface area contributed by atoms with E-state index >= 15 is 0 Å². The van der Waals surface area contributed by atoms with Crippen molar-refractivity contribution in [1.82, 2.24) is 16.2 Å². The maximum Gasteiger partial charge on any atom is 0.325 e. The maximum absolute atomic E-state index is 12.1. The van der Waals surface area contributed by atoms with Gasteiger partial charge in [0, 0.05) is 6.54 Å². The van der Waals surface area contributed by atoms with E-state index in [9.17, 15) is 9.59 Å². The summed E-state index contributed by atoms with van der Waals surface area (Å²) in [4.78, 5) is 23.2. The van der Waals surface area contributed by atoms with E-state index in [2.05, 4.69) is 20.9 Å². The van der Waals surface area contributed by atoms with Gasteiger partial charge in [-0.1, -0.05) is 12.1 Å². The molecule has 21 heavy (non-hydrogen) atoms. The molecular formula is C14H19N3O4. The molecule has 3 N–H and O–H groups in total. The molecule has 7 heteroatoms.